The van der Waals surface area contributed by atoms with E-state index in [1.54, 1.807) is 4.90 Å². The molecule has 2 aromatic rings. The fourth-order valence-corrected chi connectivity index (χ4v) is 4.73. The Bertz CT molecular complexity index is 1120. The van der Waals surface area contributed by atoms with Crippen LogP contribution in [0.25, 0.3) is 5.52 Å². The van der Waals surface area contributed by atoms with Crippen LogP contribution >= 0.6 is 11.6 Å². The van der Waals surface area contributed by atoms with E-state index >= 15 is 0 Å². The zero-order valence-electron chi connectivity index (χ0n) is 18.1. The van der Waals surface area contributed by atoms with Crippen molar-refractivity contribution in [3.8, 4) is 0 Å². The van der Waals surface area contributed by atoms with E-state index in [9.17, 15) is 36.6 Å². The van der Waals surface area contributed by atoms with Crippen molar-refractivity contribution in [2.75, 3.05) is 19.6 Å². The van der Waals surface area contributed by atoms with Crippen molar-refractivity contribution in [2.24, 2.45) is 0 Å². The van der Waals surface area contributed by atoms with Crippen molar-refractivity contribution in [2.45, 2.75) is 56.9 Å². The van der Waals surface area contributed by atoms with Gasteiger partial charge in [0.1, 0.15) is 12.2 Å². The Morgan fingerprint density at radius 1 is 1.12 bits per heavy atom. The minimum atomic E-state index is -5.04. The van der Waals surface area contributed by atoms with Gasteiger partial charge in [-0.3, -0.25) is 9.59 Å². The molecule has 2 amide bonds. The average Bonchev–Trinajstić information content (AvgIpc) is 3.08. The molecule has 1 aliphatic heterocycles. The number of fused-ring (bicyclic) bond motifs is 1. The number of piperazine rings is 1. The molecule has 0 aromatic carbocycles. The summed E-state index contributed by atoms with van der Waals surface area (Å²) in [6.45, 7) is 0.467. The molecule has 3 heterocycles. The van der Waals surface area contributed by atoms with Crippen LogP contribution in [0.3, 0.4) is 0 Å². The van der Waals surface area contributed by atoms with E-state index in [4.69, 9.17) is 11.6 Å². The lowest BCUT2D eigenvalue weighted by Crippen LogP contribution is -2.56. The fraction of sp³-hybridized carbons (Fsp3) is 0.571. The van der Waals surface area contributed by atoms with Crippen LogP contribution in [0.1, 0.15) is 54.4 Å². The lowest BCUT2D eigenvalue weighted by molar-refractivity contribution is -0.143. The number of nitrogens with zero attached hydrogens (tertiary/aromatic N) is 4. The van der Waals surface area contributed by atoms with Gasteiger partial charge in [-0.1, -0.05) is 11.6 Å². The number of halogens is 6. The van der Waals surface area contributed by atoms with Gasteiger partial charge in [-0.2, -0.15) is 18.3 Å². The summed E-state index contributed by atoms with van der Waals surface area (Å²) >= 11 is 6.15. The molecule has 186 valence electrons. The molecule has 1 aliphatic carbocycles. The molecule has 0 spiro atoms. The third-order valence-corrected chi connectivity index (χ3v) is 6.70. The number of amides is 2. The van der Waals surface area contributed by atoms with E-state index in [2.05, 4.69) is 5.10 Å². The van der Waals surface area contributed by atoms with Crippen LogP contribution in [0.2, 0.25) is 5.02 Å². The Morgan fingerprint density at radius 2 is 1.76 bits per heavy atom. The van der Waals surface area contributed by atoms with Crippen molar-refractivity contribution < 1.29 is 36.6 Å². The molecule has 1 saturated heterocycles. The first-order valence-corrected chi connectivity index (χ1v) is 11.1. The zero-order chi connectivity index (χ0) is 25.0. The van der Waals surface area contributed by atoms with Gasteiger partial charge in [0.15, 0.2) is 5.69 Å². The van der Waals surface area contributed by atoms with Gasteiger partial charge in [-0.15, -0.1) is 0 Å². The van der Waals surface area contributed by atoms with Gasteiger partial charge in [-0.25, -0.2) is 13.3 Å². The topological polar surface area (TPSA) is 78.2 Å². The minimum Gasteiger partial charge on any atom is -0.393 e. The van der Waals surface area contributed by atoms with Gasteiger partial charge >= 0.3 is 6.18 Å². The second kappa shape index (κ2) is 8.63. The average molecular weight is 509 g/mol. The molecular formula is C21H22ClF5N4O3. The van der Waals surface area contributed by atoms with Crippen molar-refractivity contribution in [1.82, 2.24) is 19.4 Å². The Labute approximate surface area is 196 Å². The molecule has 0 bridgehead atoms. The molecule has 34 heavy (non-hydrogen) atoms. The predicted octanol–water partition coefficient (Wildman–Crippen LogP) is 3.71. The summed E-state index contributed by atoms with van der Waals surface area (Å²) in [7, 11) is 0. The standard InChI is InChI=1S/C21H22ClF5N4O3/c1-20(23,24)11-8-14-17(22)18(28-31(14)15(9-11)21(25,26)27)19(34)29-6-7-30(16(33)10-29)12-2-4-13(32)5-3-12/h8-9,12-13,32H,2-7,10H2,1H3. The summed E-state index contributed by atoms with van der Waals surface area (Å²) in [5.74, 6) is -4.78. The minimum absolute atomic E-state index is 0.0459. The highest BCUT2D eigenvalue weighted by Crippen LogP contribution is 2.38. The van der Waals surface area contributed by atoms with Gasteiger partial charge < -0.3 is 14.9 Å². The third-order valence-electron chi connectivity index (χ3n) is 6.33. The SMILES string of the molecule is CC(F)(F)c1cc(C(F)(F)F)n2nc(C(=O)N3CCN(C4CCC(O)CC4)C(=O)C3)c(Cl)c2c1. The predicted molar refractivity (Wildman–Crippen MR) is 111 cm³/mol. The smallest absolute Gasteiger partial charge is 0.393 e. The molecule has 0 unspecified atom stereocenters. The molecular weight excluding hydrogens is 487 g/mol. The summed E-state index contributed by atoms with van der Waals surface area (Å²) in [5.41, 5.74) is -3.45. The number of aliphatic hydroxyl groups is 1. The third kappa shape index (κ3) is 4.57. The normalized spacial score (nSPS) is 22.5. The maximum absolute atomic E-state index is 13.8. The second-order valence-electron chi connectivity index (χ2n) is 8.75. The van der Waals surface area contributed by atoms with Crippen LogP contribution in [0.4, 0.5) is 22.0 Å². The lowest BCUT2D eigenvalue weighted by Gasteiger charge is -2.41. The first-order chi connectivity index (χ1) is 15.8. The van der Waals surface area contributed by atoms with Crippen LogP contribution in [0.5, 0.6) is 0 Å². The van der Waals surface area contributed by atoms with Crippen molar-refractivity contribution in [3.05, 3.63) is 34.1 Å². The Kier molecular flexibility index (Phi) is 6.26. The fourth-order valence-electron chi connectivity index (χ4n) is 4.48. The molecule has 0 radical (unpaired) electrons. The summed E-state index contributed by atoms with van der Waals surface area (Å²) in [6.07, 6.45) is -2.98. The van der Waals surface area contributed by atoms with Gasteiger partial charge in [-0.05, 0) is 37.8 Å². The number of carbonyl (C=O) groups is 2. The molecule has 4 rings (SSSR count). The van der Waals surface area contributed by atoms with E-state index in [-0.39, 0.29) is 43.8 Å². The van der Waals surface area contributed by atoms with E-state index < -0.39 is 45.5 Å². The van der Waals surface area contributed by atoms with E-state index in [1.807, 2.05) is 0 Å². The van der Waals surface area contributed by atoms with Crippen LogP contribution in [-0.4, -0.2) is 68.1 Å². The molecule has 13 heteroatoms. The summed E-state index contributed by atoms with van der Waals surface area (Å²) < 4.78 is 68.7. The number of alkyl halides is 5. The maximum Gasteiger partial charge on any atom is 0.433 e. The quantitative estimate of drug-likeness (QED) is 0.641. The molecule has 0 atom stereocenters. The van der Waals surface area contributed by atoms with Gasteiger partial charge in [0.2, 0.25) is 5.91 Å². The lowest BCUT2D eigenvalue weighted by atomic mass is 9.91. The van der Waals surface area contributed by atoms with Crippen LogP contribution < -0.4 is 0 Å². The molecule has 1 N–H and O–H groups in total. The monoisotopic (exact) mass is 508 g/mol. The molecule has 2 aromatic heterocycles. The zero-order valence-corrected chi connectivity index (χ0v) is 18.8. The maximum atomic E-state index is 13.8. The number of pyridine rings is 1. The first kappa shape index (κ1) is 24.6. The first-order valence-electron chi connectivity index (χ1n) is 10.7. The number of carbonyl (C=O) groups excluding carboxylic acids is 2. The number of hydrogen-bond donors (Lipinski definition) is 1. The van der Waals surface area contributed by atoms with Crippen molar-refractivity contribution >= 4 is 28.9 Å². The van der Waals surface area contributed by atoms with Crippen molar-refractivity contribution in [3.63, 3.8) is 0 Å². The molecule has 1 saturated carbocycles. The Hall–Kier alpha value is -2.47. The summed E-state index contributed by atoms with van der Waals surface area (Å²) in [6, 6.07) is 0.992. The van der Waals surface area contributed by atoms with Gasteiger partial charge in [0.05, 0.1) is 16.6 Å². The highest BCUT2D eigenvalue weighted by Gasteiger charge is 2.40. The Morgan fingerprint density at radius 3 is 2.32 bits per heavy atom. The van der Waals surface area contributed by atoms with Crippen LogP contribution in [0.15, 0.2) is 12.1 Å². The summed E-state index contributed by atoms with van der Waals surface area (Å²) in [4.78, 5) is 28.5. The van der Waals surface area contributed by atoms with Crippen molar-refractivity contribution in [1.29, 1.82) is 0 Å². The second-order valence-corrected chi connectivity index (χ2v) is 9.13. The highest BCUT2D eigenvalue weighted by molar-refractivity contribution is 6.36. The van der Waals surface area contributed by atoms with E-state index in [0.717, 1.165) is 11.0 Å². The Balaban J connectivity index is 1.62. The van der Waals surface area contributed by atoms with Crippen LogP contribution in [-0.2, 0) is 16.9 Å². The highest BCUT2D eigenvalue weighted by atomic mass is 35.5. The molecule has 7 nitrogen and oxygen atoms in total. The number of rotatable bonds is 3. The van der Waals surface area contributed by atoms with Crippen LogP contribution in [0, 0.1) is 0 Å². The van der Waals surface area contributed by atoms with Gasteiger partial charge in [0, 0.05) is 31.6 Å². The van der Waals surface area contributed by atoms with E-state index in [1.165, 1.54) is 0 Å². The molecule has 2 fully saturated rings. The number of aliphatic hydroxyl groups excluding tert-OH is 1. The largest absolute Gasteiger partial charge is 0.433 e. The van der Waals surface area contributed by atoms with Gasteiger partial charge in [0.25, 0.3) is 11.8 Å². The number of hydrogen-bond acceptors (Lipinski definition) is 4. The number of aromatic nitrogens is 2. The molecule has 2 aliphatic rings. The van der Waals surface area contributed by atoms with E-state index in [0.29, 0.717) is 37.1 Å². The summed E-state index contributed by atoms with van der Waals surface area (Å²) in [5, 5.41) is 12.9.